The summed E-state index contributed by atoms with van der Waals surface area (Å²) < 4.78 is 12.3. The highest BCUT2D eigenvalue weighted by molar-refractivity contribution is 6.32. The molecule has 1 aromatic carbocycles. The quantitative estimate of drug-likeness (QED) is 0.585. The van der Waals surface area contributed by atoms with Gasteiger partial charge in [-0.3, -0.25) is 0 Å². The van der Waals surface area contributed by atoms with E-state index >= 15 is 0 Å². The number of halogens is 2. The minimum absolute atomic E-state index is 0.336. The van der Waals surface area contributed by atoms with Crippen molar-refractivity contribution in [2.45, 2.75) is 0 Å². The van der Waals surface area contributed by atoms with Crippen LogP contribution in [0, 0.1) is 12.4 Å². The summed E-state index contributed by atoms with van der Waals surface area (Å²) in [5.74, 6) is -0.351. The average Bonchev–Trinajstić information content (AvgIpc) is 1.88. The van der Waals surface area contributed by atoms with Crippen LogP contribution in [0.5, 0.6) is 0 Å². The van der Waals surface area contributed by atoms with Crippen molar-refractivity contribution in [3.63, 3.8) is 0 Å². The third-order valence-electron chi connectivity index (χ3n) is 1.14. The van der Waals surface area contributed by atoms with Crippen molar-refractivity contribution in [2.24, 2.45) is 0 Å². The summed E-state index contributed by atoms with van der Waals surface area (Å²) in [7, 11) is 0. The Bertz CT molecular complexity index is 255. The van der Waals surface area contributed by atoms with Gasteiger partial charge in [-0.1, -0.05) is 30.3 Å². The first kappa shape index (κ1) is 7.29. The van der Waals surface area contributed by atoms with Crippen LogP contribution >= 0.6 is 11.6 Å². The summed E-state index contributed by atoms with van der Waals surface area (Å²) in [6.07, 6.45) is 1.34. The van der Waals surface area contributed by atoms with Gasteiger partial charge in [0.15, 0.2) is 0 Å². The van der Waals surface area contributed by atoms with Crippen LogP contribution in [-0.2, 0) is 0 Å². The summed E-state index contributed by atoms with van der Waals surface area (Å²) in [6.45, 7) is 5.17. The van der Waals surface area contributed by atoms with Gasteiger partial charge in [0.2, 0.25) is 0 Å². The van der Waals surface area contributed by atoms with Crippen LogP contribution in [0.15, 0.2) is 18.2 Å². The number of hydrogen-bond donors (Lipinski definition) is 0. The molecule has 2 heteroatoms. The molecular formula is C8H5ClF. The van der Waals surface area contributed by atoms with Crippen molar-refractivity contribution in [3.8, 4) is 0 Å². The van der Waals surface area contributed by atoms with Crippen molar-refractivity contribution in [1.29, 1.82) is 0 Å². The zero-order chi connectivity index (χ0) is 7.56. The molecule has 0 heterocycles. The SMILES string of the molecule is [CH]=Cc1ccc(F)cc1Cl. The molecule has 0 aliphatic carbocycles. The molecule has 0 unspecified atom stereocenters. The summed E-state index contributed by atoms with van der Waals surface area (Å²) in [5.41, 5.74) is 0.642. The van der Waals surface area contributed by atoms with Gasteiger partial charge < -0.3 is 0 Å². The lowest BCUT2D eigenvalue weighted by Crippen LogP contribution is -1.76. The normalized spacial score (nSPS) is 9.40. The summed E-state index contributed by atoms with van der Waals surface area (Å²) >= 11 is 5.58. The van der Waals surface area contributed by atoms with E-state index in [4.69, 9.17) is 18.2 Å². The van der Waals surface area contributed by atoms with Gasteiger partial charge in [-0.25, -0.2) is 4.39 Å². The van der Waals surface area contributed by atoms with Gasteiger partial charge >= 0.3 is 0 Å². The zero-order valence-electron chi connectivity index (χ0n) is 5.14. The molecule has 0 atom stereocenters. The number of benzene rings is 1. The molecule has 0 bridgehead atoms. The smallest absolute Gasteiger partial charge is 0.124 e. The lowest BCUT2D eigenvalue weighted by molar-refractivity contribution is 0.628. The van der Waals surface area contributed by atoms with Gasteiger partial charge in [0.05, 0.1) is 5.02 Å². The predicted molar refractivity (Wildman–Crippen MR) is 40.2 cm³/mol. The van der Waals surface area contributed by atoms with Crippen molar-refractivity contribution in [2.75, 3.05) is 0 Å². The van der Waals surface area contributed by atoms with E-state index in [0.717, 1.165) is 0 Å². The van der Waals surface area contributed by atoms with Gasteiger partial charge in [0, 0.05) is 0 Å². The first-order valence-corrected chi connectivity index (χ1v) is 3.12. The Labute approximate surface area is 63.9 Å². The molecule has 1 aromatic rings. The van der Waals surface area contributed by atoms with Gasteiger partial charge in [-0.15, -0.1) is 0 Å². The minimum Gasteiger partial charge on any atom is -0.207 e. The lowest BCUT2D eigenvalue weighted by atomic mass is 10.2. The monoisotopic (exact) mass is 155 g/mol. The second kappa shape index (κ2) is 2.84. The number of rotatable bonds is 1. The third-order valence-corrected chi connectivity index (χ3v) is 1.47. The maximum atomic E-state index is 12.3. The summed E-state index contributed by atoms with van der Waals surface area (Å²) in [6, 6.07) is 4.06. The molecule has 0 saturated heterocycles. The Balaban J connectivity index is 3.19. The Hall–Kier alpha value is -0.820. The van der Waals surface area contributed by atoms with E-state index in [0.29, 0.717) is 10.6 Å². The second-order valence-electron chi connectivity index (χ2n) is 1.83. The highest BCUT2D eigenvalue weighted by Crippen LogP contribution is 2.17. The molecule has 0 nitrogen and oxygen atoms in total. The van der Waals surface area contributed by atoms with E-state index < -0.39 is 0 Å². The maximum absolute atomic E-state index is 12.3. The molecule has 10 heavy (non-hydrogen) atoms. The van der Waals surface area contributed by atoms with Crippen LogP contribution in [0.4, 0.5) is 4.39 Å². The molecule has 0 saturated carbocycles. The highest BCUT2D eigenvalue weighted by atomic mass is 35.5. The Morgan fingerprint density at radius 3 is 2.70 bits per heavy atom. The zero-order valence-corrected chi connectivity index (χ0v) is 5.90. The fraction of sp³-hybridized carbons (Fsp3) is 0. The van der Waals surface area contributed by atoms with Crippen LogP contribution < -0.4 is 0 Å². The van der Waals surface area contributed by atoms with Crippen molar-refractivity contribution >= 4 is 17.7 Å². The van der Waals surface area contributed by atoms with Gasteiger partial charge in [0.1, 0.15) is 5.82 Å². The van der Waals surface area contributed by atoms with E-state index in [2.05, 4.69) is 0 Å². The summed E-state index contributed by atoms with van der Waals surface area (Å²) in [5, 5.41) is 0.336. The Morgan fingerprint density at radius 1 is 1.50 bits per heavy atom. The molecule has 0 aliphatic rings. The Morgan fingerprint density at radius 2 is 2.20 bits per heavy atom. The minimum atomic E-state index is -0.351. The topological polar surface area (TPSA) is 0 Å². The van der Waals surface area contributed by atoms with Crippen LogP contribution in [-0.4, -0.2) is 0 Å². The third kappa shape index (κ3) is 1.36. The Kier molecular flexibility index (Phi) is 2.07. The molecule has 1 rings (SSSR count). The molecule has 0 amide bonds. The largest absolute Gasteiger partial charge is 0.207 e. The molecule has 1 radical (unpaired) electrons. The van der Waals surface area contributed by atoms with Gasteiger partial charge in [-0.05, 0) is 17.7 Å². The standard InChI is InChI=1S/C8H5ClF/c1-2-6-3-4-7(10)5-8(6)9/h1-5H. The van der Waals surface area contributed by atoms with E-state index in [1.165, 1.54) is 24.3 Å². The molecular weight excluding hydrogens is 151 g/mol. The molecule has 51 valence electrons. The average molecular weight is 156 g/mol. The first-order valence-electron chi connectivity index (χ1n) is 2.74. The van der Waals surface area contributed by atoms with Crippen LogP contribution in [0.3, 0.4) is 0 Å². The lowest BCUT2D eigenvalue weighted by Gasteiger charge is -1.95. The van der Waals surface area contributed by atoms with Crippen LogP contribution in [0.25, 0.3) is 6.08 Å². The van der Waals surface area contributed by atoms with Gasteiger partial charge in [-0.2, -0.15) is 0 Å². The van der Waals surface area contributed by atoms with E-state index in [-0.39, 0.29) is 5.82 Å². The van der Waals surface area contributed by atoms with E-state index in [1.54, 1.807) is 0 Å². The van der Waals surface area contributed by atoms with Crippen molar-refractivity contribution in [3.05, 3.63) is 41.2 Å². The molecule has 0 N–H and O–H groups in total. The summed E-state index contributed by atoms with van der Waals surface area (Å²) in [4.78, 5) is 0. The number of hydrogen-bond acceptors (Lipinski definition) is 0. The van der Waals surface area contributed by atoms with Crippen LogP contribution in [0.2, 0.25) is 5.02 Å². The predicted octanol–water partition coefficient (Wildman–Crippen LogP) is 2.93. The molecule has 0 aliphatic heterocycles. The van der Waals surface area contributed by atoms with Crippen molar-refractivity contribution < 1.29 is 4.39 Å². The van der Waals surface area contributed by atoms with E-state index in [1.807, 2.05) is 0 Å². The molecule has 0 spiro atoms. The van der Waals surface area contributed by atoms with E-state index in [9.17, 15) is 4.39 Å². The molecule has 0 aromatic heterocycles. The fourth-order valence-corrected chi connectivity index (χ4v) is 0.867. The second-order valence-corrected chi connectivity index (χ2v) is 2.24. The van der Waals surface area contributed by atoms with Crippen molar-refractivity contribution in [1.82, 2.24) is 0 Å². The maximum Gasteiger partial charge on any atom is 0.124 e. The van der Waals surface area contributed by atoms with Crippen LogP contribution in [0.1, 0.15) is 5.56 Å². The van der Waals surface area contributed by atoms with Gasteiger partial charge in [0.25, 0.3) is 0 Å². The fourth-order valence-electron chi connectivity index (χ4n) is 0.637. The highest BCUT2D eigenvalue weighted by Gasteiger charge is 1.95. The molecule has 0 fully saturated rings. The first-order chi connectivity index (χ1) is 4.74.